The molecule has 0 unspecified atom stereocenters. The molecule has 2 rings (SSSR count). The normalized spacial score (nSPS) is 46.6. The fourth-order valence-electron chi connectivity index (χ4n) is 2.04. The van der Waals surface area contributed by atoms with Crippen molar-refractivity contribution in [2.75, 3.05) is 0 Å². The molecule has 60 valence electrons. The second-order valence-electron chi connectivity index (χ2n) is 3.36. The maximum absolute atomic E-state index is 10.7. The fourth-order valence-corrected chi connectivity index (χ4v) is 2.40. The summed E-state index contributed by atoms with van der Waals surface area (Å²) in [4.78, 5) is 9.76. The number of alkyl halides is 1. The number of aliphatic carboxylic acids is 1. The molecule has 0 spiro atoms. The molecule has 0 amide bonds. The van der Waals surface area contributed by atoms with E-state index in [1.807, 2.05) is 6.08 Å². The molecule has 0 heterocycles. The summed E-state index contributed by atoms with van der Waals surface area (Å²) in [6.45, 7) is 0. The molecule has 2 nitrogen and oxygen atoms in total. The lowest BCUT2D eigenvalue weighted by Crippen LogP contribution is -2.36. The van der Waals surface area contributed by atoms with Crippen LogP contribution in [-0.2, 0) is 4.79 Å². The molecular formula is C8H9ClO2. The van der Waals surface area contributed by atoms with Gasteiger partial charge in [0, 0.05) is 5.92 Å². The largest absolute Gasteiger partial charge is 0.480 e. The average molecular weight is 173 g/mol. The summed E-state index contributed by atoms with van der Waals surface area (Å²) in [6, 6.07) is 0. The van der Waals surface area contributed by atoms with E-state index in [-0.39, 0.29) is 5.92 Å². The fraction of sp³-hybridized carbons (Fsp3) is 0.625. The quantitative estimate of drug-likeness (QED) is 0.482. The standard InChI is InChI=1S/C8H9ClO2/c9-8(7(10)11)4-5-1-2-6(8)3-5/h1-2,5-6H,3-4H2,(H,10,11)/t5-,6+,8+/m0/s1. The summed E-state index contributed by atoms with van der Waals surface area (Å²) < 4.78 is 0. The van der Waals surface area contributed by atoms with Gasteiger partial charge >= 0.3 is 5.97 Å². The van der Waals surface area contributed by atoms with Gasteiger partial charge in [-0.3, -0.25) is 4.79 Å². The van der Waals surface area contributed by atoms with Crippen molar-refractivity contribution in [3.8, 4) is 0 Å². The average Bonchev–Trinajstić information content (AvgIpc) is 2.45. The van der Waals surface area contributed by atoms with Crippen molar-refractivity contribution in [3.05, 3.63) is 12.2 Å². The van der Waals surface area contributed by atoms with Crippen LogP contribution in [0.1, 0.15) is 12.8 Å². The molecule has 0 aliphatic heterocycles. The van der Waals surface area contributed by atoms with Gasteiger partial charge in [-0.1, -0.05) is 12.2 Å². The Morgan fingerprint density at radius 1 is 1.64 bits per heavy atom. The van der Waals surface area contributed by atoms with Gasteiger partial charge in [-0.2, -0.15) is 0 Å². The van der Waals surface area contributed by atoms with E-state index in [0.717, 1.165) is 6.42 Å². The predicted octanol–water partition coefficient (Wildman–Crippen LogP) is 1.64. The van der Waals surface area contributed by atoms with Crippen LogP contribution in [0.15, 0.2) is 12.2 Å². The number of carbonyl (C=O) groups is 1. The molecule has 0 saturated heterocycles. The van der Waals surface area contributed by atoms with E-state index in [0.29, 0.717) is 12.3 Å². The molecule has 0 aromatic rings. The van der Waals surface area contributed by atoms with E-state index in [4.69, 9.17) is 16.7 Å². The van der Waals surface area contributed by atoms with Crippen molar-refractivity contribution >= 4 is 17.6 Å². The smallest absolute Gasteiger partial charge is 0.325 e. The molecule has 1 saturated carbocycles. The zero-order valence-corrected chi connectivity index (χ0v) is 6.71. The van der Waals surface area contributed by atoms with Crippen LogP contribution in [0, 0.1) is 11.8 Å². The lowest BCUT2D eigenvalue weighted by atomic mass is 9.93. The minimum Gasteiger partial charge on any atom is -0.480 e. The summed E-state index contributed by atoms with van der Waals surface area (Å²) >= 11 is 5.95. The Kier molecular flexibility index (Phi) is 1.31. The first-order chi connectivity index (χ1) is 5.13. The highest BCUT2D eigenvalue weighted by molar-refractivity contribution is 6.34. The van der Waals surface area contributed by atoms with E-state index in [2.05, 4.69) is 6.08 Å². The lowest BCUT2D eigenvalue weighted by Gasteiger charge is -2.22. The molecule has 0 aromatic heterocycles. The lowest BCUT2D eigenvalue weighted by molar-refractivity contribution is -0.140. The van der Waals surface area contributed by atoms with Gasteiger partial charge < -0.3 is 5.11 Å². The number of hydrogen-bond donors (Lipinski definition) is 1. The summed E-state index contributed by atoms with van der Waals surface area (Å²) in [7, 11) is 0. The maximum Gasteiger partial charge on any atom is 0.325 e. The minimum atomic E-state index is -0.987. The van der Waals surface area contributed by atoms with Crippen LogP contribution in [0.5, 0.6) is 0 Å². The molecule has 0 radical (unpaired) electrons. The third-order valence-corrected chi connectivity index (χ3v) is 3.27. The van der Waals surface area contributed by atoms with Gasteiger partial charge in [0.15, 0.2) is 0 Å². The van der Waals surface area contributed by atoms with Crippen LogP contribution in [0.25, 0.3) is 0 Å². The van der Waals surface area contributed by atoms with Gasteiger partial charge in [0.2, 0.25) is 0 Å². The highest BCUT2D eigenvalue weighted by atomic mass is 35.5. The van der Waals surface area contributed by atoms with Crippen LogP contribution in [0.3, 0.4) is 0 Å². The highest BCUT2D eigenvalue weighted by Crippen LogP contribution is 2.50. The molecule has 3 heteroatoms. The summed E-state index contributed by atoms with van der Waals surface area (Å²) in [5, 5.41) is 8.83. The molecule has 2 bridgehead atoms. The molecule has 1 N–H and O–H groups in total. The monoisotopic (exact) mass is 172 g/mol. The van der Waals surface area contributed by atoms with Crippen LogP contribution in [0.4, 0.5) is 0 Å². The van der Waals surface area contributed by atoms with E-state index >= 15 is 0 Å². The Morgan fingerprint density at radius 2 is 2.36 bits per heavy atom. The minimum absolute atomic E-state index is 0.0617. The van der Waals surface area contributed by atoms with Crippen LogP contribution < -0.4 is 0 Å². The van der Waals surface area contributed by atoms with Crippen molar-refractivity contribution < 1.29 is 9.90 Å². The first-order valence-electron chi connectivity index (χ1n) is 3.73. The molecular weight excluding hydrogens is 164 g/mol. The third-order valence-electron chi connectivity index (χ3n) is 2.67. The van der Waals surface area contributed by atoms with E-state index in [9.17, 15) is 4.79 Å². The van der Waals surface area contributed by atoms with E-state index < -0.39 is 10.8 Å². The summed E-state index contributed by atoms with van der Waals surface area (Å²) in [6.07, 6.45) is 5.55. The number of halogens is 1. The first-order valence-corrected chi connectivity index (χ1v) is 4.11. The van der Waals surface area contributed by atoms with Gasteiger partial charge in [-0.05, 0) is 18.8 Å². The topological polar surface area (TPSA) is 37.3 Å². The van der Waals surface area contributed by atoms with Gasteiger partial charge in [0.05, 0.1) is 0 Å². The number of rotatable bonds is 1. The molecule has 2 aliphatic rings. The zero-order chi connectivity index (χ0) is 8.06. The second-order valence-corrected chi connectivity index (χ2v) is 4.03. The molecule has 2 aliphatic carbocycles. The molecule has 1 fully saturated rings. The molecule has 0 aromatic carbocycles. The number of carboxylic acids is 1. The Hall–Kier alpha value is -0.500. The Balaban J connectivity index is 2.30. The predicted molar refractivity (Wildman–Crippen MR) is 41.6 cm³/mol. The van der Waals surface area contributed by atoms with Gasteiger partial charge in [-0.15, -0.1) is 11.6 Å². The Morgan fingerprint density at radius 3 is 2.64 bits per heavy atom. The van der Waals surface area contributed by atoms with Crippen molar-refractivity contribution in [2.45, 2.75) is 17.7 Å². The Bertz CT molecular complexity index is 236. The van der Waals surface area contributed by atoms with Gasteiger partial charge in [-0.25, -0.2) is 0 Å². The highest BCUT2D eigenvalue weighted by Gasteiger charge is 2.52. The number of fused-ring (bicyclic) bond motifs is 2. The Labute approximate surface area is 69.9 Å². The first kappa shape index (κ1) is 7.17. The van der Waals surface area contributed by atoms with Crippen LogP contribution >= 0.6 is 11.6 Å². The summed E-state index contributed by atoms with van der Waals surface area (Å²) in [5.74, 6) is -0.392. The molecule has 3 atom stereocenters. The SMILES string of the molecule is O=C(O)[C@@]1(Cl)C[C@H]2C=C[C@@H]1C2. The zero-order valence-electron chi connectivity index (χ0n) is 5.96. The van der Waals surface area contributed by atoms with Crippen LogP contribution in [-0.4, -0.2) is 16.0 Å². The van der Waals surface area contributed by atoms with E-state index in [1.54, 1.807) is 0 Å². The van der Waals surface area contributed by atoms with Gasteiger partial charge in [0.25, 0.3) is 0 Å². The second kappa shape index (κ2) is 2.01. The van der Waals surface area contributed by atoms with Crippen molar-refractivity contribution in [1.82, 2.24) is 0 Å². The number of allylic oxidation sites excluding steroid dienone is 2. The number of hydrogen-bond acceptors (Lipinski definition) is 1. The van der Waals surface area contributed by atoms with Crippen molar-refractivity contribution in [2.24, 2.45) is 11.8 Å². The van der Waals surface area contributed by atoms with Crippen molar-refractivity contribution in [1.29, 1.82) is 0 Å². The number of carboxylic acid groups (broad SMARTS) is 1. The maximum atomic E-state index is 10.7. The van der Waals surface area contributed by atoms with Gasteiger partial charge in [0.1, 0.15) is 4.87 Å². The molecule has 11 heavy (non-hydrogen) atoms. The van der Waals surface area contributed by atoms with E-state index in [1.165, 1.54) is 0 Å². The van der Waals surface area contributed by atoms with Crippen LogP contribution in [0.2, 0.25) is 0 Å². The third kappa shape index (κ3) is 0.822. The summed E-state index contributed by atoms with van der Waals surface area (Å²) in [5.41, 5.74) is 0. The van der Waals surface area contributed by atoms with Crippen molar-refractivity contribution in [3.63, 3.8) is 0 Å².